The van der Waals surface area contributed by atoms with Gasteiger partial charge in [-0.15, -0.1) is 11.3 Å². The molecule has 0 aliphatic carbocycles. The first kappa shape index (κ1) is 17.1. The van der Waals surface area contributed by atoms with E-state index in [0.717, 1.165) is 37.6 Å². The number of amides is 1. The molecule has 3 heterocycles. The summed E-state index contributed by atoms with van der Waals surface area (Å²) in [5.41, 5.74) is 0.335. The summed E-state index contributed by atoms with van der Waals surface area (Å²) in [6.45, 7) is 10.4. The van der Waals surface area contributed by atoms with Gasteiger partial charge in [0, 0.05) is 44.8 Å². The molecular formula is C17H24N4O2S. The van der Waals surface area contributed by atoms with Crippen molar-refractivity contribution in [1.82, 2.24) is 20.3 Å². The van der Waals surface area contributed by atoms with Crippen LogP contribution >= 0.6 is 11.3 Å². The lowest BCUT2D eigenvalue weighted by Crippen LogP contribution is -2.52. The Hall–Kier alpha value is -1.70. The first-order chi connectivity index (χ1) is 11.7. The van der Waals surface area contributed by atoms with E-state index >= 15 is 0 Å². The van der Waals surface area contributed by atoms with Crippen LogP contribution in [0.1, 0.15) is 24.3 Å². The summed E-state index contributed by atoms with van der Waals surface area (Å²) in [5, 5.41) is 8.82. The number of thiophene rings is 1. The zero-order valence-electron chi connectivity index (χ0n) is 14.2. The van der Waals surface area contributed by atoms with E-state index in [9.17, 15) is 4.79 Å². The number of hydrogen-bond donors (Lipinski definition) is 1. The third kappa shape index (κ3) is 4.03. The third-order valence-corrected chi connectivity index (χ3v) is 5.43. The predicted molar refractivity (Wildman–Crippen MR) is 95.3 cm³/mol. The number of aromatic nitrogens is 1. The van der Waals surface area contributed by atoms with E-state index in [4.69, 9.17) is 4.52 Å². The van der Waals surface area contributed by atoms with Crippen molar-refractivity contribution in [2.24, 2.45) is 0 Å². The zero-order chi connectivity index (χ0) is 16.9. The lowest BCUT2D eigenvalue weighted by Gasteiger charge is -2.37. The van der Waals surface area contributed by atoms with Crippen LogP contribution in [-0.4, -0.2) is 66.2 Å². The number of nitrogens with one attached hydrogen (secondary N) is 1. The van der Waals surface area contributed by atoms with Crippen molar-refractivity contribution in [3.63, 3.8) is 0 Å². The van der Waals surface area contributed by atoms with Gasteiger partial charge in [-0.25, -0.2) is 0 Å². The number of nitrogens with zero attached hydrogens (tertiary/aromatic N) is 3. The summed E-state index contributed by atoms with van der Waals surface area (Å²) in [6, 6.07) is 5.91. The number of likely N-dealkylation sites (N-methyl/N-ethyl adjacent to an activating group) is 1. The van der Waals surface area contributed by atoms with Crippen molar-refractivity contribution in [2.75, 3.05) is 39.3 Å². The smallest absolute Gasteiger partial charge is 0.273 e. The fourth-order valence-electron chi connectivity index (χ4n) is 2.90. The Morgan fingerprint density at radius 3 is 2.88 bits per heavy atom. The van der Waals surface area contributed by atoms with Crippen LogP contribution in [0.2, 0.25) is 0 Å². The highest BCUT2D eigenvalue weighted by molar-refractivity contribution is 7.13. The van der Waals surface area contributed by atoms with Gasteiger partial charge in [0.05, 0.1) is 4.88 Å². The second kappa shape index (κ2) is 7.92. The minimum Gasteiger partial charge on any atom is -0.355 e. The molecule has 2 aromatic heterocycles. The maximum Gasteiger partial charge on any atom is 0.273 e. The van der Waals surface area contributed by atoms with Crippen LogP contribution in [0.15, 0.2) is 28.1 Å². The molecule has 6 nitrogen and oxygen atoms in total. The van der Waals surface area contributed by atoms with Crippen molar-refractivity contribution in [2.45, 2.75) is 19.9 Å². The van der Waals surface area contributed by atoms with E-state index in [1.54, 1.807) is 17.4 Å². The molecule has 1 aliphatic rings. The van der Waals surface area contributed by atoms with Gasteiger partial charge in [0.2, 0.25) is 0 Å². The normalized spacial score (nSPS) is 17.8. The molecular weight excluding hydrogens is 324 g/mol. The molecule has 1 aliphatic heterocycles. The summed E-state index contributed by atoms with van der Waals surface area (Å²) >= 11 is 1.56. The lowest BCUT2D eigenvalue weighted by molar-refractivity contribution is 0.0876. The number of carbonyl (C=O) groups is 1. The fourth-order valence-corrected chi connectivity index (χ4v) is 3.57. The predicted octanol–water partition coefficient (Wildman–Crippen LogP) is 2.16. The highest BCUT2D eigenvalue weighted by atomic mass is 32.1. The van der Waals surface area contributed by atoms with Crippen molar-refractivity contribution < 1.29 is 9.32 Å². The molecule has 0 spiro atoms. The van der Waals surface area contributed by atoms with Gasteiger partial charge in [0.25, 0.3) is 5.91 Å². The summed E-state index contributed by atoms with van der Waals surface area (Å²) in [6.07, 6.45) is 0. The monoisotopic (exact) mass is 348 g/mol. The van der Waals surface area contributed by atoms with Crippen LogP contribution in [0.25, 0.3) is 10.6 Å². The van der Waals surface area contributed by atoms with E-state index in [-0.39, 0.29) is 5.91 Å². The van der Waals surface area contributed by atoms with Gasteiger partial charge < -0.3 is 14.7 Å². The summed E-state index contributed by atoms with van der Waals surface area (Å²) in [7, 11) is 0. The summed E-state index contributed by atoms with van der Waals surface area (Å²) in [5.74, 6) is 0.458. The topological polar surface area (TPSA) is 61.6 Å². The highest BCUT2D eigenvalue weighted by Gasteiger charge is 2.21. The van der Waals surface area contributed by atoms with Gasteiger partial charge in [0.15, 0.2) is 11.5 Å². The molecule has 2 aromatic rings. The number of rotatable bonds is 6. The Kier molecular flexibility index (Phi) is 5.65. The van der Waals surface area contributed by atoms with Gasteiger partial charge in [-0.3, -0.25) is 9.69 Å². The van der Waals surface area contributed by atoms with E-state index in [1.807, 2.05) is 17.5 Å². The number of piperazine rings is 1. The minimum absolute atomic E-state index is 0.180. The molecule has 1 N–H and O–H groups in total. The Balaban J connectivity index is 1.49. The maximum absolute atomic E-state index is 12.3. The maximum atomic E-state index is 12.3. The van der Waals surface area contributed by atoms with Crippen LogP contribution in [-0.2, 0) is 0 Å². The average Bonchev–Trinajstić information content (AvgIpc) is 3.30. The SMILES string of the molecule is CCN1CCN(C(C)CNC(=O)c2cc(-c3cccs3)on2)CC1. The molecule has 0 aromatic carbocycles. The molecule has 0 bridgehead atoms. The van der Waals surface area contributed by atoms with E-state index in [1.165, 1.54) is 0 Å². The van der Waals surface area contributed by atoms with Gasteiger partial charge in [-0.05, 0) is 24.9 Å². The van der Waals surface area contributed by atoms with Crippen molar-refractivity contribution in [3.8, 4) is 10.6 Å². The molecule has 1 fully saturated rings. The largest absolute Gasteiger partial charge is 0.355 e. The Labute approximate surface area is 146 Å². The third-order valence-electron chi connectivity index (χ3n) is 4.54. The molecule has 0 saturated carbocycles. The standard InChI is InChI=1S/C17H24N4O2S/c1-3-20-6-8-21(9-7-20)13(2)12-18-17(22)14-11-15(23-19-14)16-5-4-10-24-16/h4-5,10-11,13H,3,6-9,12H2,1-2H3,(H,18,22). The van der Waals surface area contributed by atoms with E-state index in [0.29, 0.717) is 24.0 Å². The second-order valence-corrected chi connectivity index (χ2v) is 7.03. The van der Waals surface area contributed by atoms with Crippen LogP contribution in [0.4, 0.5) is 0 Å². The number of carbonyl (C=O) groups excluding carboxylic acids is 1. The summed E-state index contributed by atoms with van der Waals surface area (Å²) in [4.78, 5) is 18.1. The van der Waals surface area contributed by atoms with E-state index in [2.05, 4.69) is 34.1 Å². The lowest BCUT2D eigenvalue weighted by atomic mass is 10.2. The van der Waals surface area contributed by atoms with Crippen molar-refractivity contribution in [3.05, 3.63) is 29.3 Å². The molecule has 0 radical (unpaired) electrons. The van der Waals surface area contributed by atoms with Crippen LogP contribution in [0, 0.1) is 0 Å². The second-order valence-electron chi connectivity index (χ2n) is 6.08. The first-order valence-electron chi connectivity index (χ1n) is 8.42. The fraction of sp³-hybridized carbons (Fsp3) is 0.529. The van der Waals surface area contributed by atoms with Gasteiger partial charge in [-0.2, -0.15) is 0 Å². The highest BCUT2D eigenvalue weighted by Crippen LogP contribution is 2.25. The van der Waals surface area contributed by atoms with Crippen molar-refractivity contribution >= 4 is 17.2 Å². The quantitative estimate of drug-likeness (QED) is 0.867. The van der Waals surface area contributed by atoms with Crippen molar-refractivity contribution in [1.29, 1.82) is 0 Å². The van der Waals surface area contributed by atoms with E-state index < -0.39 is 0 Å². The first-order valence-corrected chi connectivity index (χ1v) is 9.30. The molecule has 1 unspecified atom stereocenters. The molecule has 24 heavy (non-hydrogen) atoms. The molecule has 3 rings (SSSR count). The Bertz CT molecular complexity index is 647. The van der Waals surface area contributed by atoms with Crippen LogP contribution in [0.5, 0.6) is 0 Å². The van der Waals surface area contributed by atoms with Crippen LogP contribution in [0.3, 0.4) is 0 Å². The molecule has 130 valence electrons. The molecule has 1 saturated heterocycles. The minimum atomic E-state index is -0.180. The van der Waals surface area contributed by atoms with Gasteiger partial charge in [-0.1, -0.05) is 18.1 Å². The Morgan fingerprint density at radius 1 is 1.42 bits per heavy atom. The van der Waals surface area contributed by atoms with Gasteiger partial charge >= 0.3 is 0 Å². The molecule has 7 heteroatoms. The average molecular weight is 348 g/mol. The van der Waals surface area contributed by atoms with Gasteiger partial charge in [0.1, 0.15) is 0 Å². The molecule has 1 atom stereocenters. The zero-order valence-corrected chi connectivity index (χ0v) is 15.0. The van der Waals surface area contributed by atoms with Crippen LogP contribution < -0.4 is 5.32 Å². The molecule has 1 amide bonds. The number of hydrogen-bond acceptors (Lipinski definition) is 6. The Morgan fingerprint density at radius 2 is 2.21 bits per heavy atom. The summed E-state index contributed by atoms with van der Waals surface area (Å²) < 4.78 is 5.26.